The van der Waals surface area contributed by atoms with E-state index in [4.69, 9.17) is 9.15 Å². The molecule has 2 heterocycles. The average molecular weight is 233 g/mol. The van der Waals surface area contributed by atoms with Gasteiger partial charge in [0, 0.05) is 6.07 Å². The Morgan fingerprint density at radius 1 is 1.35 bits per heavy atom. The highest BCUT2D eigenvalue weighted by atomic mass is 16.5. The molecule has 2 rings (SSSR count). The third-order valence-electron chi connectivity index (χ3n) is 2.17. The van der Waals surface area contributed by atoms with Gasteiger partial charge in [0.05, 0.1) is 13.2 Å². The summed E-state index contributed by atoms with van der Waals surface area (Å²) in [5.41, 5.74) is 0. The second-order valence-electron chi connectivity index (χ2n) is 3.54. The highest BCUT2D eigenvalue weighted by Gasteiger charge is 2.01. The van der Waals surface area contributed by atoms with E-state index in [0.717, 1.165) is 17.3 Å². The maximum atomic E-state index is 5.45. The second-order valence-corrected chi connectivity index (χ2v) is 3.54. The largest absolute Gasteiger partial charge is 0.478 e. The highest BCUT2D eigenvalue weighted by molar-refractivity contribution is 5.37. The Hall–Kier alpha value is -2.04. The summed E-state index contributed by atoms with van der Waals surface area (Å²) in [5, 5.41) is 3.15. The van der Waals surface area contributed by atoms with E-state index in [9.17, 15) is 0 Å². The van der Waals surface area contributed by atoms with Crippen LogP contribution in [0.5, 0.6) is 5.88 Å². The molecule has 0 radical (unpaired) electrons. The average Bonchev–Trinajstić information content (AvgIpc) is 2.74. The van der Waals surface area contributed by atoms with E-state index in [1.807, 2.05) is 26.0 Å². The quantitative estimate of drug-likeness (QED) is 0.859. The molecule has 5 heteroatoms. The van der Waals surface area contributed by atoms with Crippen molar-refractivity contribution in [2.75, 3.05) is 11.9 Å². The molecule has 2 aromatic rings. The van der Waals surface area contributed by atoms with E-state index in [0.29, 0.717) is 19.0 Å². The Balaban J connectivity index is 1.96. The van der Waals surface area contributed by atoms with Gasteiger partial charge in [0.15, 0.2) is 0 Å². The Kier molecular flexibility index (Phi) is 3.59. The van der Waals surface area contributed by atoms with Crippen molar-refractivity contribution in [3.63, 3.8) is 0 Å². The van der Waals surface area contributed by atoms with Crippen LogP contribution in [0.4, 0.5) is 5.82 Å². The first-order valence-corrected chi connectivity index (χ1v) is 5.52. The minimum absolute atomic E-state index is 0.570. The van der Waals surface area contributed by atoms with Crippen LogP contribution in [-0.4, -0.2) is 16.6 Å². The van der Waals surface area contributed by atoms with Crippen molar-refractivity contribution in [2.24, 2.45) is 0 Å². The lowest BCUT2D eigenvalue weighted by atomic mass is 10.4. The van der Waals surface area contributed by atoms with Crippen LogP contribution >= 0.6 is 0 Å². The number of nitrogens with zero attached hydrogens (tertiary/aromatic N) is 2. The van der Waals surface area contributed by atoms with Gasteiger partial charge in [0.25, 0.3) is 0 Å². The lowest BCUT2D eigenvalue weighted by Crippen LogP contribution is -2.02. The predicted molar refractivity (Wildman–Crippen MR) is 64.0 cm³/mol. The van der Waals surface area contributed by atoms with Gasteiger partial charge in [-0.3, -0.25) is 0 Å². The maximum absolute atomic E-state index is 5.45. The van der Waals surface area contributed by atoms with Crippen LogP contribution in [0.1, 0.15) is 18.4 Å². The molecule has 0 unspecified atom stereocenters. The molecule has 0 aliphatic carbocycles. The number of rotatable bonds is 5. The Bertz CT molecular complexity index is 482. The minimum atomic E-state index is 0.570. The zero-order valence-electron chi connectivity index (χ0n) is 9.93. The highest BCUT2D eigenvalue weighted by Crippen LogP contribution is 2.13. The van der Waals surface area contributed by atoms with Gasteiger partial charge < -0.3 is 14.5 Å². The molecule has 1 N–H and O–H groups in total. The third-order valence-corrected chi connectivity index (χ3v) is 2.17. The molecule has 90 valence electrons. The van der Waals surface area contributed by atoms with Crippen molar-refractivity contribution < 1.29 is 9.15 Å². The van der Waals surface area contributed by atoms with Crippen molar-refractivity contribution in [3.05, 3.63) is 36.0 Å². The van der Waals surface area contributed by atoms with Gasteiger partial charge in [-0.2, -0.15) is 0 Å². The molecule has 0 saturated heterocycles. The Morgan fingerprint density at radius 3 is 2.94 bits per heavy atom. The summed E-state index contributed by atoms with van der Waals surface area (Å²) in [6.07, 6.45) is 1.47. The topological polar surface area (TPSA) is 60.2 Å². The maximum Gasteiger partial charge on any atom is 0.218 e. The number of hydrogen-bond acceptors (Lipinski definition) is 5. The predicted octanol–water partition coefficient (Wildman–Crippen LogP) is 2.39. The molecule has 0 aromatic carbocycles. The van der Waals surface area contributed by atoms with E-state index in [-0.39, 0.29) is 0 Å². The van der Waals surface area contributed by atoms with Gasteiger partial charge in [-0.25, -0.2) is 9.97 Å². The van der Waals surface area contributed by atoms with Gasteiger partial charge in [-0.15, -0.1) is 0 Å². The van der Waals surface area contributed by atoms with Crippen molar-refractivity contribution >= 4 is 5.82 Å². The first-order valence-electron chi connectivity index (χ1n) is 5.52. The molecule has 0 atom stereocenters. The fourth-order valence-electron chi connectivity index (χ4n) is 1.42. The van der Waals surface area contributed by atoms with Gasteiger partial charge in [0.1, 0.15) is 23.7 Å². The summed E-state index contributed by atoms with van der Waals surface area (Å²) in [5.74, 6) is 3.07. The molecular formula is C12H15N3O2. The van der Waals surface area contributed by atoms with E-state index < -0.39 is 0 Å². The van der Waals surface area contributed by atoms with Gasteiger partial charge in [-0.05, 0) is 26.0 Å². The number of aryl methyl sites for hydroxylation is 1. The van der Waals surface area contributed by atoms with Crippen LogP contribution in [0.3, 0.4) is 0 Å². The van der Waals surface area contributed by atoms with Crippen molar-refractivity contribution in [1.82, 2.24) is 9.97 Å². The number of hydrogen-bond donors (Lipinski definition) is 1. The minimum Gasteiger partial charge on any atom is -0.478 e. The van der Waals surface area contributed by atoms with Crippen LogP contribution in [0, 0.1) is 6.92 Å². The molecule has 0 aliphatic rings. The van der Waals surface area contributed by atoms with Gasteiger partial charge >= 0.3 is 0 Å². The lowest BCUT2D eigenvalue weighted by Gasteiger charge is -2.05. The second kappa shape index (κ2) is 5.34. The lowest BCUT2D eigenvalue weighted by molar-refractivity contribution is 0.326. The van der Waals surface area contributed by atoms with Gasteiger partial charge in [0.2, 0.25) is 5.88 Å². The van der Waals surface area contributed by atoms with E-state index in [1.165, 1.54) is 6.33 Å². The number of ether oxygens (including phenoxy) is 1. The molecule has 5 nitrogen and oxygen atoms in total. The smallest absolute Gasteiger partial charge is 0.218 e. The summed E-state index contributed by atoms with van der Waals surface area (Å²) in [6.45, 7) is 5.02. The Labute approximate surface area is 99.8 Å². The van der Waals surface area contributed by atoms with Crippen LogP contribution in [0.2, 0.25) is 0 Å². The molecule has 17 heavy (non-hydrogen) atoms. The molecule has 0 spiro atoms. The van der Waals surface area contributed by atoms with E-state index in [2.05, 4.69) is 15.3 Å². The monoisotopic (exact) mass is 233 g/mol. The molecule has 0 fully saturated rings. The number of nitrogens with one attached hydrogen (secondary N) is 1. The number of aromatic nitrogens is 2. The Morgan fingerprint density at radius 2 is 2.24 bits per heavy atom. The van der Waals surface area contributed by atoms with Crippen LogP contribution in [0.25, 0.3) is 0 Å². The summed E-state index contributed by atoms with van der Waals surface area (Å²) < 4.78 is 10.7. The molecule has 0 bridgehead atoms. The third kappa shape index (κ3) is 3.21. The molecule has 0 saturated carbocycles. The zero-order valence-corrected chi connectivity index (χ0v) is 9.93. The van der Waals surface area contributed by atoms with Crippen LogP contribution in [0.15, 0.2) is 28.9 Å². The fraction of sp³-hybridized carbons (Fsp3) is 0.333. The van der Waals surface area contributed by atoms with Crippen LogP contribution in [-0.2, 0) is 6.54 Å². The number of furan rings is 1. The van der Waals surface area contributed by atoms with Crippen molar-refractivity contribution in [2.45, 2.75) is 20.4 Å². The van der Waals surface area contributed by atoms with E-state index in [1.54, 1.807) is 6.07 Å². The molecular weight excluding hydrogens is 218 g/mol. The first kappa shape index (κ1) is 11.4. The fourth-order valence-corrected chi connectivity index (χ4v) is 1.42. The summed E-state index contributed by atoms with van der Waals surface area (Å²) in [7, 11) is 0. The van der Waals surface area contributed by atoms with Crippen molar-refractivity contribution in [1.29, 1.82) is 0 Å². The molecule has 2 aromatic heterocycles. The number of anilines is 1. The van der Waals surface area contributed by atoms with Gasteiger partial charge in [-0.1, -0.05) is 0 Å². The summed E-state index contributed by atoms with van der Waals surface area (Å²) >= 11 is 0. The van der Waals surface area contributed by atoms with E-state index >= 15 is 0 Å². The zero-order chi connectivity index (χ0) is 12.1. The van der Waals surface area contributed by atoms with Crippen LogP contribution < -0.4 is 10.1 Å². The normalized spacial score (nSPS) is 10.2. The first-order chi connectivity index (χ1) is 8.28. The molecule has 0 aliphatic heterocycles. The standard InChI is InChI=1S/C12H15N3O2/c1-3-16-12-6-11(14-8-15-12)13-7-10-5-4-9(2)17-10/h4-6,8H,3,7H2,1-2H3,(H,13,14,15). The van der Waals surface area contributed by atoms with Crippen molar-refractivity contribution in [3.8, 4) is 5.88 Å². The molecule has 0 amide bonds. The summed E-state index contributed by atoms with van der Waals surface area (Å²) in [4.78, 5) is 8.09. The summed E-state index contributed by atoms with van der Waals surface area (Å²) in [6, 6.07) is 5.63. The SMILES string of the molecule is CCOc1cc(NCc2ccc(C)o2)ncn1.